The smallest absolute Gasteiger partial charge is 0.0698 e. The fourth-order valence-corrected chi connectivity index (χ4v) is 4.04. The number of fused-ring (bicyclic) bond motifs is 1. The van der Waals surface area contributed by atoms with Crippen molar-refractivity contribution in [2.75, 3.05) is 7.05 Å². The maximum Gasteiger partial charge on any atom is 0.0698 e. The third-order valence-corrected chi connectivity index (χ3v) is 5.04. The summed E-state index contributed by atoms with van der Waals surface area (Å²) in [6.45, 7) is 3.16. The second-order valence-corrected chi connectivity index (χ2v) is 6.66. The van der Waals surface area contributed by atoms with Crippen molar-refractivity contribution >= 4 is 15.9 Å². The summed E-state index contributed by atoms with van der Waals surface area (Å²) in [6, 6.07) is 9.15. The molecule has 0 radical (unpaired) electrons. The van der Waals surface area contributed by atoms with Crippen LogP contribution < -0.4 is 5.32 Å². The molecule has 0 saturated heterocycles. The average Bonchev–Trinajstić information content (AvgIpc) is 3.06. The molecule has 4 heteroatoms. The molecule has 0 saturated carbocycles. The van der Waals surface area contributed by atoms with Crippen LogP contribution in [0.2, 0.25) is 0 Å². The van der Waals surface area contributed by atoms with Crippen LogP contribution in [0.25, 0.3) is 0 Å². The third kappa shape index (κ3) is 2.79. The van der Waals surface area contributed by atoms with E-state index in [0.717, 1.165) is 30.3 Å². The van der Waals surface area contributed by atoms with Crippen LogP contribution in [0, 0.1) is 5.92 Å². The van der Waals surface area contributed by atoms with Crippen molar-refractivity contribution in [2.24, 2.45) is 5.92 Å². The molecule has 0 amide bonds. The summed E-state index contributed by atoms with van der Waals surface area (Å²) in [5, 5.41) is 8.05. The second kappa shape index (κ2) is 6.32. The molecular weight excluding hydrogens is 326 g/mol. The maximum atomic E-state index is 4.52. The number of rotatable bonds is 5. The minimum atomic E-state index is 0.334. The van der Waals surface area contributed by atoms with Crippen molar-refractivity contribution in [3.05, 3.63) is 51.8 Å². The van der Waals surface area contributed by atoms with Gasteiger partial charge in [-0.1, -0.05) is 31.2 Å². The van der Waals surface area contributed by atoms with E-state index in [4.69, 9.17) is 0 Å². The largest absolute Gasteiger partial charge is 0.311 e. The minimum Gasteiger partial charge on any atom is -0.311 e. The zero-order valence-corrected chi connectivity index (χ0v) is 14.2. The molecule has 0 bridgehead atoms. The second-order valence-electron chi connectivity index (χ2n) is 5.80. The Morgan fingerprint density at radius 3 is 2.57 bits per heavy atom. The van der Waals surface area contributed by atoms with Gasteiger partial charge in [-0.15, -0.1) is 0 Å². The van der Waals surface area contributed by atoms with Gasteiger partial charge in [0, 0.05) is 6.54 Å². The lowest BCUT2D eigenvalue weighted by molar-refractivity contribution is 0.367. The predicted molar refractivity (Wildman–Crippen MR) is 89.4 cm³/mol. The average molecular weight is 348 g/mol. The standard InChI is InChI=1S/C17H22BrN3/c1-3-8-21-17(15(18)11-20-21)16(19-2)14-9-12-6-4-5-7-13(12)10-14/h4-7,11,14,16,19H,3,8-10H2,1-2H3. The van der Waals surface area contributed by atoms with Gasteiger partial charge in [-0.2, -0.15) is 5.10 Å². The molecule has 1 unspecified atom stereocenters. The maximum absolute atomic E-state index is 4.52. The van der Waals surface area contributed by atoms with Crippen LogP contribution in [0.15, 0.2) is 34.9 Å². The number of nitrogens with zero attached hydrogens (tertiary/aromatic N) is 2. The molecule has 1 N–H and O–H groups in total. The zero-order valence-electron chi connectivity index (χ0n) is 12.6. The summed E-state index contributed by atoms with van der Waals surface area (Å²) in [7, 11) is 2.06. The van der Waals surface area contributed by atoms with Gasteiger partial charge in [0.1, 0.15) is 0 Å². The highest BCUT2D eigenvalue weighted by molar-refractivity contribution is 9.10. The number of aromatic nitrogens is 2. The van der Waals surface area contributed by atoms with E-state index < -0.39 is 0 Å². The molecule has 0 fully saturated rings. The molecule has 1 aromatic heterocycles. The van der Waals surface area contributed by atoms with E-state index in [1.54, 1.807) is 0 Å². The number of benzene rings is 1. The van der Waals surface area contributed by atoms with Gasteiger partial charge in [0.05, 0.1) is 22.4 Å². The molecule has 3 rings (SSSR count). The normalized spacial score (nSPS) is 16.1. The molecule has 3 nitrogen and oxygen atoms in total. The lowest BCUT2D eigenvalue weighted by Gasteiger charge is -2.24. The molecule has 0 spiro atoms. The Morgan fingerprint density at radius 2 is 2.00 bits per heavy atom. The lowest BCUT2D eigenvalue weighted by Crippen LogP contribution is -2.28. The summed E-state index contributed by atoms with van der Waals surface area (Å²) in [5.41, 5.74) is 4.29. The monoisotopic (exact) mass is 347 g/mol. The summed E-state index contributed by atoms with van der Waals surface area (Å²) < 4.78 is 3.26. The first-order chi connectivity index (χ1) is 10.2. The number of aryl methyl sites for hydroxylation is 1. The summed E-state index contributed by atoms with van der Waals surface area (Å²) in [6.07, 6.45) is 5.32. The topological polar surface area (TPSA) is 29.9 Å². The van der Waals surface area contributed by atoms with Crippen molar-refractivity contribution < 1.29 is 0 Å². The van der Waals surface area contributed by atoms with Crippen molar-refractivity contribution in [3.8, 4) is 0 Å². The number of hydrogen-bond acceptors (Lipinski definition) is 2. The van der Waals surface area contributed by atoms with Crippen LogP contribution >= 0.6 is 15.9 Å². The van der Waals surface area contributed by atoms with Crippen molar-refractivity contribution in [2.45, 2.75) is 38.8 Å². The third-order valence-electron chi connectivity index (χ3n) is 4.43. The predicted octanol–water partition coefficient (Wildman–Crippen LogP) is 3.73. The highest BCUT2D eigenvalue weighted by Crippen LogP contribution is 2.37. The lowest BCUT2D eigenvalue weighted by atomic mass is 9.94. The van der Waals surface area contributed by atoms with Crippen molar-refractivity contribution in [1.82, 2.24) is 15.1 Å². The molecule has 21 heavy (non-hydrogen) atoms. The van der Waals surface area contributed by atoms with E-state index >= 15 is 0 Å². The molecule has 2 aromatic rings. The molecule has 1 atom stereocenters. The number of halogens is 1. The van der Waals surface area contributed by atoms with Gasteiger partial charge in [0.15, 0.2) is 0 Å². The Balaban J connectivity index is 1.89. The highest BCUT2D eigenvalue weighted by Gasteiger charge is 2.31. The molecule has 1 heterocycles. The first-order valence-corrected chi connectivity index (χ1v) is 8.49. The van der Waals surface area contributed by atoms with Crippen LogP contribution in [0.4, 0.5) is 0 Å². The van der Waals surface area contributed by atoms with E-state index in [1.807, 2.05) is 6.20 Å². The number of hydrogen-bond donors (Lipinski definition) is 1. The Labute approximate surface area is 134 Å². The fraction of sp³-hybridized carbons (Fsp3) is 0.471. The molecule has 0 aliphatic heterocycles. The van der Waals surface area contributed by atoms with E-state index in [-0.39, 0.29) is 0 Å². The van der Waals surface area contributed by atoms with Gasteiger partial charge in [-0.25, -0.2) is 0 Å². The Hall–Kier alpha value is -1.13. The van der Waals surface area contributed by atoms with E-state index in [0.29, 0.717) is 12.0 Å². The molecule has 1 aromatic carbocycles. The Kier molecular flexibility index (Phi) is 4.45. The summed E-state index contributed by atoms with van der Waals surface area (Å²) in [5.74, 6) is 0.594. The summed E-state index contributed by atoms with van der Waals surface area (Å²) >= 11 is 3.69. The number of nitrogens with one attached hydrogen (secondary N) is 1. The van der Waals surface area contributed by atoms with E-state index in [9.17, 15) is 0 Å². The van der Waals surface area contributed by atoms with Crippen LogP contribution in [0.3, 0.4) is 0 Å². The first-order valence-electron chi connectivity index (χ1n) is 7.69. The van der Waals surface area contributed by atoms with Gasteiger partial charge < -0.3 is 5.32 Å². The SMILES string of the molecule is CCCn1ncc(Br)c1C(NC)C1Cc2ccccc2C1. The summed E-state index contributed by atoms with van der Waals surface area (Å²) in [4.78, 5) is 0. The van der Waals surface area contributed by atoms with Crippen LogP contribution in [-0.2, 0) is 19.4 Å². The Bertz CT molecular complexity index is 595. The Morgan fingerprint density at radius 1 is 1.33 bits per heavy atom. The fourth-order valence-electron chi connectivity index (χ4n) is 3.50. The highest BCUT2D eigenvalue weighted by atomic mass is 79.9. The van der Waals surface area contributed by atoms with Gasteiger partial charge in [0.2, 0.25) is 0 Å². The zero-order chi connectivity index (χ0) is 14.8. The van der Waals surface area contributed by atoms with Crippen LogP contribution in [-0.4, -0.2) is 16.8 Å². The first kappa shape index (κ1) is 14.8. The van der Waals surface area contributed by atoms with Crippen LogP contribution in [0.5, 0.6) is 0 Å². The van der Waals surface area contributed by atoms with Crippen molar-refractivity contribution in [3.63, 3.8) is 0 Å². The van der Waals surface area contributed by atoms with Crippen LogP contribution in [0.1, 0.15) is 36.2 Å². The van der Waals surface area contributed by atoms with E-state index in [2.05, 4.69) is 69.3 Å². The quantitative estimate of drug-likeness (QED) is 0.892. The van der Waals surface area contributed by atoms with Gasteiger partial charge in [-0.3, -0.25) is 4.68 Å². The molecular formula is C17H22BrN3. The van der Waals surface area contributed by atoms with Gasteiger partial charge in [0.25, 0.3) is 0 Å². The molecule has 1 aliphatic rings. The minimum absolute atomic E-state index is 0.334. The van der Waals surface area contributed by atoms with Crippen molar-refractivity contribution in [1.29, 1.82) is 0 Å². The van der Waals surface area contributed by atoms with E-state index in [1.165, 1.54) is 16.8 Å². The molecule has 1 aliphatic carbocycles. The molecule has 112 valence electrons. The van der Waals surface area contributed by atoms with Gasteiger partial charge in [-0.05, 0) is 59.3 Å². The van der Waals surface area contributed by atoms with Gasteiger partial charge >= 0.3 is 0 Å².